The van der Waals surface area contributed by atoms with Crippen LogP contribution in [0, 0.1) is 13.8 Å². The van der Waals surface area contributed by atoms with E-state index in [1.165, 1.54) is 0 Å². The number of nitrogens with one attached hydrogen (secondary N) is 1. The van der Waals surface area contributed by atoms with Crippen molar-refractivity contribution >= 4 is 11.6 Å². The van der Waals surface area contributed by atoms with Gasteiger partial charge < -0.3 is 14.8 Å². The van der Waals surface area contributed by atoms with Crippen LogP contribution in [0.25, 0.3) is 0 Å². The lowest BCUT2D eigenvalue weighted by atomic mass is 10.2. The minimum absolute atomic E-state index is 0.0268. The fourth-order valence-electron chi connectivity index (χ4n) is 2.07. The molecular weight excluding hydrogens is 294 g/mol. The molecule has 0 aliphatic rings. The van der Waals surface area contributed by atoms with E-state index in [-0.39, 0.29) is 12.5 Å². The number of anilines is 1. The number of aromatic nitrogens is 2. The van der Waals surface area contributed by atoms with E-state index in [4.69, 9.17) is 9.47 Å². The molecule has 2 aromatic rings. The van der Waals surface area contributed by atoms with Crippen LogP contribution in [0.1, 0.15) is 23.9 Å². The van der Waals surface area contributed by atoms with Crippen molar-refractivity contribution in [3.05, 3.63) is 47.3 Å². The van der Waals surface area contributed by atoms with Crippen LogP contribution in [0.2, 0.25) is 0 Å². The fraction of sp³-hybridized carbons (Fsp3) is 0.353. The Bertz CT molecular complexity index is 636. The molecule has 0 aliphatic carbocycles. The lowest BCUT2D eigenvalue weighted by Gasteiger charge is -2.12. The van der Waals surface area contributed by atoms with E-state index in [1.807, 2.05) is 37.3 Å². The number of nitrogens with zero attached hydrogens (tertiary/aromatic N) is 2. The van der Waals surface area contributed by atoms with Crippen molar-refractivity contribution in [3.63, 3.8) is 0 Å². The normalized spacial score (nSPS) is 10.4. The van der Waals surface area contributed by atoms with E-state index in [9.17, 15) is 4.79 Å². The van der Waals surface area contributed by atoms with Gasteiger partial charge in [0.15, 0.2) is 0 Å². The number of carbonyl (C=O) groups is 1. The van der Waals surface area contributed by atoms with Gasteiger partial charge in [-0.3, -0.25) is 4.79 Å². The van der Waals surface area contributed by atoms with Gasteiger partial charge in [-0.2, -0.15) is 9.97 Å². The predicted octanol–water partition coefficient (Wildman–Crippen LogP) is 2.65. The Labute approximate surface area is 135 Å². The van der Waals surface area contributed by atoms with E-state index >= 15 is 0 Å². The van der Waals surface area contributed by atoms with E-state index in [2.05, 4.69) is 15.3 Å². The molecule has 0 spiro atoms. The molecule has 122 valence electrons. The van der Waals surface area contributed by atoms with Gasteiger partial charge in [-0.15, -0.1) is 0 Å². The number of aryl methyl sites for hydroxylation is 2. The standard InChI is InChI=1S/C17H21N3O3/c1-4-23-17-18-12(2)16(13(3)19-17)20-15(21)11-22-10-14-8-6-5-7-9-14/h5-9H,4,10-11H2,1-3H3,(H,20,21). The Kier molecular flexibility index (Phi) is 6.05. The molecule has 1 amide bonds. The van der Waals surface area contributed by atoms with Crippen LogP contribution in [0.4, 0.5) is 5.69 Å². The summed E-state index contributed by atoms with van der Waals surface area (Å²) in [7, 11) is 0. The Morgan fingerprint density at radius 1 is 1.13 bits per heavy atom. The van der Waals surface area contributed by atoms with Gasteiger partial charge in [0.05, 0.1) is 30.3 Å². The second-order valence-electron chi connectivity index (χ2n) is 5.01. The molecule has 1 aromatic carbocycles. The first-order valence-corrected chi connectivity index (χ1v) is 7.49. The highest BCUT2D eigenvalue weighted by atomic mass is 16.5. The summed E-state index contributed by atoms with van der Waals surface area (Å²) in [4.78, 5) is 20.4. The maximum absolute atomic E-state index is 12.0. The molecule has 1 heterocycles. The zero-order valence-electron chi connectivity index (χ0n) is 13.6. The summed E-state index contributed by atoms with van der Waals surface area (Å²) < 4.78 is 10.7. The number of rotatable bonds is 7. The summed E-state index contributed by atoms with van der Waals surface area (Å²) in [5.74, 6) is -0.236. The summed E-state index contributed by atoms with van der Waals surface area (Å²) in [6.07, 6.45) is 0. The van der Waals surface area contributed by atoms with Crippen LogP contribution in [0.15, 0.2) is 30.3 Å². The maximum Gasteiger partial charge on any atom is 0.316 e. The summed E-state index contributed by atoms with van der Waals surface area (Å²) in [5.41, 5.74) is 2.95. The lowest BCUT2D eigenvalue weighted by molar-refractivity contribution is -0.121. The predicted molar refractivity (Wildman–Crippen MR) is 87.4 cm³/mol. The van der Waals surface area contributed by atoms with Crippen molar-refractivity contribution < 1.29 is 14.3 Å². The third-order valence-corrected chi connectivity index (χ3v) is 3.13. The molecule has 0 radical (unpaired) electrons. The van der Waals surface area contributed by atoms with Crippen molar-refractivity contribution in [1.82, 2.24) is 9.97 Å². The first-order valence-electron chi connectivity index (χ1n) is 7.49. The van der Waals surface area contributed by atoms with Crippen LogP contribution in [0.5, 0.6) is 6.01 Å². The molecule has 2 rings (SSSR count). The zero-order chi connectivity index (χ0) is 16.7. The van der Waals surface area contributed by atoms with E-state index in [0.717, 1.165) is 5.56 Å². The zero-order valence-corrected chi connectivity index (χ0v) is 13.6. The minimum atomic E-state index is -0.236. The maximum atomic E-state index is 12.0. The van der Waals surface area contributed by atoms with Gasteiger partial charge in [0.1, 0.15) is 6.61 Å². The quantitative estimate of drug-likeness (QED) is 0.850. The molecule has 0 unspecified atom stereocenters. The van der Waals surface area contributed by atoms with E-state index in [0.29, 0.717) is 36.3 Å². The van der Waals surface area contributed by atoms with Crippen molar-refractivity contribution in [3.8, 4) is 6.01 Å². The number of carbonyl (C=O) groups excluding carboxylic acids is 1. The van der Waals surface area contributed by atoms with Gasteiger partial charge in [-0.05, 0) is 26.3 Å². The fourth-order valence-corrected chi connectivity index (χ4v) is 2.07. The van der Waals surface area contributed by atoms with E-state index < -0.39 is 0 Å². The van der Waals surface area contributed by atoms with Crippen LogP contribution in [-0.4, -0.2) is 29.1 Å². The summed E-state index contributed by atoms with van der Waals surface area (Å²) in [6, 6.07) is 10.0. The number of hydrogen-bond donors (Lipinski definition) is 1. The third kappa shape index (κ3) is 5.03. The minimum Gasteiger partial charge on any atom is -0.464 e. The first kappa shape index (κ1) is 16.9. The van der Waals surface area contributed by atoms with Crippen molar-refractivity contribution in [2.45, 2.75) is 27.4 Å². The summed E-state index contributed by atoms with van der Waals surface area (Å²) in [6.45, 7) is 6.34. The Hall–Kier alpha value is -2.47. The molecule has 0 bridgehead atoms. The number of hydrogen-bond acceptors (Lipinski definition) is 5. The molecule has 0 saturated heterocycles. The topological polar surface area (TPSA) is 73.3 Å². The lowest BCUT2D eigenvalue weighted by Crippen LogP contribution is -2.20. The van der Waals surface area contributed by atoms with Gasteiger partial charge >= 0.3 is 6.01 Å². The molecular formula is C17H21N3O3. The molecule has 1 N–H and O–H groups in total. The van der Waals surface area contributed by atoms with Crippen molar-refractivity contribution in [2.24, 2.45) is 0 Å². The van der Waals surface area contributed by atoms with Crippen LogP contribution >= 0.6 is 0 Å². The second-order valence-corrected chi connectivity index (χ2v) is 5.01. The highest BCUT2D eigenvalue weighted by molar-refractivity contribution is 5.92. The number of ether oxygens (including phenoxy) is 2. The Morgan fingerprint density at radius 3 is 2.39 bits per heavy atom. The van der Waals surface area contributed by atoms with Crippen LogP contribution in [-0.2, 0) is 16.1 Å². The highest BCUT2D eigenvalue weighted by Gasteiger charge is 2.12. The van der Waals surface area contributed by atoms with Gasteiger partial charge in [-0.25, -0.2) is 0 Å². The summed E-state index contributed by atoms with van der Waals surface area (Å²) in [5, 5.41) is 2.79. The Morgan fingerprint density at radius 2 is 1.78 bits per heavy atom. The van der Waals surface area contributed by atoms with Gasteiger partial charge in [-0.1, -0.05) is 30.3 Å². The Balaban J connectivity index is 1.90. The van der Waals surface area contributed by atoms with Crippen molar-refractivity contribution in [1.29, 1.82) is 0 Å². The van der Waals surface area contributed by atoms with Gasteiger partial charge in [0.25, 0.3) is 0 Å². The highest BCUT2D eigenvalue weighted by Crippen LogP contribution is 2.19. The molecule has 0 fully saturated rings. The molecule has 0 aliphatic heterocycles. The van der Waals surface area contributed by atoms with Crippen LogP contribution in [0.3, 0.4) is 0 Å². The molecule has 1 aromatic heterocycles. The van der Waals surface area contributed by atoms with Gasteiger partial charge in [0, 0.05) is 0 Å². The SMILES string of the molecule is CCOc1nc(C)c(NC(=O)COCc2ccccc2)c(C)n1. The number of amides is 1. The summed E-state index contributed by atoms with van der Waals surface area (Å²) >= 11 is 0. The van der Waals surface area contributed by atoms with Crippen LogP contribution < -0.4 is 10.1 Å². The smallest absolute Gasteiger partial charge is 0.316 e. The molecule has 6 heteroatoms. The first-order chi connectivity index (χ1) is 11.1. The molecule has 6 nitrogen and oxygen atoms in total. The molecule has 0 saturated carbocycles. The monoisotopic (exact) mass is 315 g/mol. The number of benzene rings is 1. The average Bonchev–Trinajstić information content (AvgIpc) is 2.52. The van der Waals surface area contributed by atoms with E-state index in [1.54, 1.807) is 13.8 Å². The molecule has 23 heavy (non-hydrogen) atoms. The second kappa shape index (κ2) is 8.24. The third-order valence-electron chi connectivity index (χ3n) is 3.13. The molecule has 0 atom stereocenters. The average molecular weight is 315 g/mol. The van der Waals surface area contributed by atoms with Gasteiger partial charge in [0.2, 0.25) is 5.91 Å². The van der Waals surface area contributed by atoms with Crippen molar-refractivity contribution in [2.75, 3.05) is 18.5 Å². The largest absolute Gasteiger partial charge is 0.464 e.